The van der Waals surface area contributed by atoms with Gasteiger partial charge in [0.25, 0.3) is 0 Å². The second-order valence-electron chi connectivity index (χ2n) is 3.40. The molecule has 2 N–H and O–H groups in total. The standard InChI is InChI=1S/C9H5BrClF3N2O/c10-4-2-6-5(15-8(17)16-6)1-3(4)7(11)9(12,13)14/h1-2,7H,(H2,15,16,17). The van der Waals surface area contributed by atoms with E-state index in [1.165, 1.54) is 12.1 Å². The van der Waals surface area contributed by atoms with Gasteiger partial charge in [-0.3, -0.25) is 0 Å². The van der Waals surface area contributed by atoms with Crippen LogP contribution in [0.15, 0.2) is 21.4 Å². The van der Waals surface area contributed by atoms with Gasteiger partial charge in [-0.25, -0.2) is 4.79 Å². The van der Waals surface area contributed by atoms with Crippen LogP contribution in [-0.2, 0) is 0 Å². The van der Waals surface area contributed by atoms with Gasteiger partial charge >= 0.3 is 11.9 Å². The third kappa shape index (κ3) is 2.35. The fourth-order valence-corrected chi connectivity index (χ4v) is 2.33. The van der Waals surface area contributed by atoms with Crippen LogP contribution in [0.5, 0.6) is 0 Å². The van der Waals surface area contributed by atoms with Gasteiger partial charge in [-0.1, -0.05) is 15.9 Å². The fourth-order valence-electron chi connectivity index (χ4n) is 1.44. The first-order valence-corrected chi connectivity index (χ1v) is 5.64. The number of rotatable bonds is 1. The van der Waals surface area contributed by atoms with Gasteiger partial charge in [0.05, 0.1) is 11.0 Å². The third-order valence-electron chi connectivity index (χ3n) is 2.19. The molecule has 2 aromatic rings. The minimum absolute atomic E-state index is 0.137. The molecular formula is C9H5BrClF3N2O. The molecule has 17 heavy (non-hydrogen) atoms. The van der Waals surface area contributed by atoms with Crippen LogP contribution in [0.1, 0.15) is 10.9 Å². The molecule has 2 rings (SSSR count). The number of benzene rings is 1. The second kappa shape index (κ2) is 4.06. The van der Waals surface area contributed by atoms with Gasteiger partial charge in [0.1, 0.15) is 0 Å². The van der Waals surface area contributed by atoms with E-state index in [1.807, 2.05) is 0 Å². The number of hydrogen-bond donors (Lipinski definition) is 2. The number of aromatic nitrogens is 2. The third-order valence-corrected chi connectivity index (χ3v) is 3.36. The van der Waals surface area contributed by atoms with E-state index in [9.17, 15) is 18.0 Å². The van der Waals surface area contributed by atoms with E-state index in [4.69, 9.17) is 11.6 Å². The van der Waals surface area contributed by atoms with E-state index in [-0.39, 0.29) is 15.6 Å². The summed E-state index contributed by atoms with van der Waals surface area (Å²) in [6.45, 7) is 0. The Balaban J connectivity index is 2.61. The zero-order valence-electron chi connectivity index (χ0n) is 8.03. The van der Waals surface area contributed by atoms with E-state index in [2.05, 4.69) is 25.9 Å². The highest BCUT2D eigenvalue weighted by molar-refractivity contribution is 9.10. The van der Waals surface area contributed by atoms with E-state index in [0.717, 1.165) is 0 Å². The number of aromatic amines is 2. The van der Waals surface area contributed by atoms with E-state index >= 15 is 0 Å². The molecule has 1 heterocycles. The normalized spacial score (nSPS) is 14.2. The predicted molar refractivity (Wildman–Crippen MR) is 61.3 cm³/mol. The molecule has 1 aromatic heterocycles. The van der Waals surface area contributed by atoms with Crippen molar-refractivity contribution in [3.8, 4) is 0 Å². The molecule has 0 radical (unpaired) electrons. The maximum atomic E-state index is 12.5. The number of alkyl halides is 4. The quantitative estimate of drug-likeness (QED) is 0.773. The number of halogens is 5. The van der Waals surface area contributed by atoms with Crippen LogP contribution in [-0.4, -0.2) is 16.1 Å². The first-order valence-electron chi connectivity index (χ1n) is 4.41. The Morgan fingerprint density at radius 1 is 1.24 bits per heavy atom. The first-order chi connectivity index (χ1) is 7.79. The van der Waals surface area contributed by atoms with E-state index < -0.39 is 17.2 Å². The molecule has 0 amide bonds. The molecule has 0 fully saturated rings. The van der Waals surface area contributed by atoms with Crippen molar-refractivity contribution in [3.05, 3.63) is 32.7 Å². The lowest BCUT2D eigenvalue weighted by Gasteiger charge is -2.15. The van der Waals surface area contributed by atoms with Crippen LogP contribution in [0.25, 0.3) is 11.0 Å². The molecule has 1 atom stereocenters. The number of imidazole rings is 1. The molecule has 0 aliphatic heterocycles. The summed E-state index contributed by atoms with van der Waals surface area (Å²) in [6.07, 6.45) is -4.55. The number of H-pyrrole nitrogens is 2. The largest absolute Gasteiger partial charge is 0.408 e. The van der Waals surface area contributed by atoms with Crippen LogP contribution >= 0.6 is 27.5 Å². The lowest BCUT2D eigenvalue weighted by Crippen LogP contribution is -2.16. The summed E-state index contributed by atoms with van der Waals surface area (Å²) in [6, 6.07) is 2.58. The van der Waals surface area contributed by atoms with Gasteiger partial charge in [0, 0.05) is 4.47 Å². The predicted octanol–water partition coefficient (Wildman–Crippen LogP) is 3.46. The highest BCUT2D eigenvalue weighted by Crippen LogP contribution is 2.41. The van der Waals surface area contributed by atoms with Crippen LogP contribution in [0.4, 0.5) is 13.2 Å². The number of hydrogen-bond acceptors (Lipinski definition) is 1. The Morgan fingerprint density at radius 3 is 2.29 bits per heavy atom. The van der Waals surface area contributed by atoms with Gasteiger partial charge in [-0.05, 0) is 17.7 Å². The number of nitrogens with one attached hydrogen (secondary N) is 2. The van der Waals surface area contributed by atoms with Gasteiger partial charge in [0.2, 0.25) is 0 Å². The Kier molecular flexibility index (Phi) is 2.99. The second-order valence-corrected chi connectivity index (χ2v) is 4.69. The minimum Gasteiger partial charge on any atom is -0.306 e. The molecule has 0 aliphatic rings. The highest BCUT2D eigenvalue weighted by Gasteiger charge is 2.40. The molecule has 3 nitrogen and oxygen atoms in total. The van der Waals surface area contributed by atoms with Crippen molar-refractivity contribution in [3.63, 3.8) is 0 Å². The lowest BCUT2D eigenvalue weighted by molar-refractivity contribution is -0.131. The highest BCUT2D eigenvalue weighted by atomic mass is 79.9. The van der Waals surface area contributed by atoms with Crippen molar-refractivity contribution >= 4 is 38.6 Å². The zero-order chi connectivity index (χ0) is 12.8. The molecular weight excluding hydrogens is 324 g/mol. The lowest BCUT2D eigenvalue weighted by atomic mass is 10.1. The van der Waals surface area contributed by atoms with Crippen molar-refractivity contribution in [1.82, 2.24) is 9.97 Å². The molecule has 0 saturated heterocycles. The summed E-state index contributed by atoms with van der Waals surface area (Å²) in [5.41, 5.74) is 0.0730. The molecule has 0 spiro atoms. The monoisotopic (exact) mass is 328 g/mol. The molecule has 8 heteroatoms. The smallest absolute Gasteiger partial charge is 0.306 e. The molecule has 0 aliphatic carbocycles. The van der Waals surface area contributed by atoms with Gasteiger partial charge < -0.3 is 9.97 Å². The van der Waals surface area contributed by atoms with Crippen molar-refractivity contribution in [1.29, 1.82) is 0 Å². The van der Waals surface area contributed by atoms with Crippen molar-refractivity contribution in [2.75, 3.05) is 0 Å². The summed E-state index contributed by atoms with van der Waals surface area (Å²) in [5.74, 6) is 0. The summed E-state index contributed by atoms with van der Waals surface area (Å²) in [5, 5.41) is -2.13. The summed E-state index contributed by atoms with van der Waals surface area (Å²) >= 11 is 8.34. The van der Waals surface area contributed by atoms with Gasteiger partial charge in [0.15, 0.2) is 5.38 Å². The van der Waals surface area contributed by atoms with Crippen LogP contribution in [0, 0.1) is 0 Å². The van der Waals surface area contributed by atoms with Crippen molar-refractivity contribution in [2.24, 2.45) is 0 Å². The van der Waals surface area contributed by atoms with Crippen molar-refractivity contribution < 1.29 is 13.2 Å². The Hall–Kier alpha value is -0.950. The summed E-state index contributed by atoms with van der Waals surface area (Å²) < 4.78 is 37.7. The molecule has 1 aromatic carbocycles. The molecule has 1 unspecified atom stereocenters. The molecule has 92 valence electrons. The van der Waals surface area contributed by atoms with Crippen molar-refractivity contribution in [2.45, 2.75) is 11.6 Å². The first kappa shape index (κ1) is 12.5. The van der Waals surface area contributed by atoms with E-state index in [1.54, 1.807) is 0 Å². The van der Waals surface area contributed by atoms with Gasteiger partial charge in [-0.2, -0.15) is 13.2 Å². The Labute approximate surface area is 106 Å². The fraction of sp³-hybridized carbons (Fsp3) is 0.222. The SMILES string of the molecule is O=c1[nH]c2cc(Br)c(C(Cl)C(F)(F)F)cc2[nH]1. The van der Waals surface area contributed by atoms with Crippen LogP contribution in [0.3, 0.4) is 0 Å². The molecule has 0 saturated carbocycles. The zero-order valence-corrected chi connectivity index (χ0v) is 10.4. The maximum Gasteiger partial charge on any atom is 0.408 e. The van der Waals surface area contributed by atoms with Gasteiger partial charge in [-0.15, -0.1) is 11.6 Å². The number of fused-ring (bicyclic) bond motifs is 1. The Bertz CT molecular complexity index is 619. The van der Waals surface area contributed by atoms with E-state index in [0.29, 0.717) is 5.52 Å². The minimum atomic E-state index is -4.55. The van der Waals surface area contributed by atoms with Crippen LogP contribution < -0.4 is 5.69 Å². The Morgan fingerprint density at radius 2 is 1.76 bits per heavy atom. The molecule has 0 bridgehead atoms. The average molecular weight is 330 g/mol. The van der Waals surface area contributed by atoms with Crippen LogP contribution in [0.2, 0.25) is 0 Å². The maximum absolute atomic E-state index is 12.5. The summed E-state index contributed by atoms with van der Waals surface area (Å²) in [4.78, 5) is 15.8. The summed E-state index contributed by atoms with van der Waals surface area (Å²) in [7, 11) is 0. The average Bonchev–Trinajstić information content (AvgIpc) is 2.53. The topological polar surface area (TPSA) is 48.6 Å².